The van der Waals surface area contributed by atoms with E-state index in [0.29, 0.717) is 0 Å². The first-order valence-electron chi connectivity index (χ1n) is 7.53. The fourth-order valence-corrected chi connectivity index (χ4v) is 9.41. The van der Waals surface area contributed by atoms with Gasteiger partial charge in [0.2, 0.25) is 0 Å². The van der Waals surface area contributed by atoms with Crippen LogP contribution in [0.1, 0.15) is 0 Å². The molecule has 156 valence electrons. The number of hydrogen-bond donors (Lipinski definition) is 8. The van der Waals surface area contributed by atoms with Gasteiger partial charge in [0.25, 0.3) is 0 Å². The maximum absolute atomic E-state index is 10.8. The summed E-state index contributed by atoms with van der Waals surface area (Å²) in [5.41, 5.74) is 0. The summed E-state index contributed by atoms with van der Waals surface area (Å²) in [6, 6.07) is 0. The van der Waals surface area contributed by atoms with Crippen molar-refractivity contribution in [3.63, 3.8) is 0 Å². The second-order valence-corrected chi connectivity index (χ2v) is 11.7. The molecule has 0 amide bonds. The summed E-state index contributed by atoms with van der Waals surface area (Å²) in [5, 5.41) is 76.6. The van der Waals surface area contributed by atoms with Crippen LogP contribution in [0.5, 0.6) is 0 Å². The number of rotatable bonds is 10. The molecule has 0 aliphatic carbocycles. The van der Waals surface area contributed by atoms with Crippen molar-refractivity contribution in [2.75, 3.05) is 13.2 Å². The Bertz CT molecular complexity index is 532. The Morgan fingerprint density at radius 2 is 1.65 bits per heavy atom. The molecule has 1 aliphatic heterocycles. The Balaban J connectivity index is 2.98. The minimum atomic E-state index is -5.38. The van der Waals surface area contributed by atoms with Crippen molar-refractivity contribution in [3.8, 4) is 0 Å². The van der Waals surface area contributed by atoms with Gasteiger partial charge in [0.1, 0.15) is 0 Å². The van der Waals surface area contributed by atoms with Crippen molar-refractivity contribution in [3.05, 3.63) is 0 Å². The summed E-state index contributed by atoms with van der Waals surface area (Å²) < 4.78 is 36.6. The van der Waals surface area contributed by atoms with Crippen molar-refractivity contribution in [2.24, 2.45) is 0 Å². The van der Waals surface area contributed by atoms with Gasteiger partial charge < -0.3 is 0 Å². The monoisotopic (exact) mass is 472 g/mol. The van der Waals surface area contributed by atoms with E-state index in [-0.39, 0.29) is 10.6 Å². The average Bonchev–Trinajstić information content (AvgIpc) is 2.83. The van der Waals surface area contributed by atoms with Crippen molar-refractivity contribution in [1.82, 2.24) is 0 Å². The summed E-state index contributed by atoms with van der Waals surface area (Å²) >= 11 is -2.28. The van der Waals surface area contributed by atoms with Crippen LogP contribution in [0.15, 0.2) is 0 Å². The molecule has 0 spiro atoms. The zero-order chi connectivity index (χ0) is 20.2. The Morgan fingerprint density at radius 1 is 1.08 bits per heavy atom. The fourth-order valence-electron chi connectivity index (χ4n) is 2.70. The van der Waals surface area contributed by atoms with E-state index < -0.39 is 85.1 Å². The van der Waals surface area contributed by atoms with Crippen LogP contribution >= 0.6 is 0 Å². The van der Waals surface area contributed by atoms with Gasteiger partial charge in [-0.2, -0.15) is 0 Å². The topological polar surface area (TPSA) is 228 Å². The van der Waals surface area contributed by atoms with E-state index in [4.69, 9.17) is 10.2 Å². The SMILES string of the molecule is O=S(=O)([O-])O[C@@H]([C@H](O)[C@H](O)CO)[C@@H](O)C[Se+]1C[C@@H](O)[C@@H](O)[C@@H]1[C@H](O)CO. The predicted molar refractivity (Wildman–Crippen MR) is 83.9 cm³/mol. The van der Waals surface area contributed by atoms with Gasteiger partial charge in [0.05, 0.1) is 0 Å². The van der Waals surface area contributed by atoms with Crippen molar-refractivity contribution in [2.45, 2.75) is 58.2 Å². The van der Waals surface area contributed by atoms with Crippen molar-refractivity contribution >= 4 is 24.3 Å². The molecule has 1 heterocycles. The van der Waals surface area contributed by atoms with Gasteiger partial charge in [-0.3, -0.25) is 0 Å². The molecule has 1 rings (SSSR count). The Morgan fingerprint density at radius 3 is 2.12 bits per heavy atom. The maximum atomic E-state index is 10.8. The molecule has 9 atom stereocenters. The zero-order valence-electron chi connectivity index (χ0n) is 13.5. The molecule has 0 bridgehead atoms. The molecule has 0 aromatic rings. The Kier molecular flexibility index (Phi) is 9.29. The van der Waals surface area contributed by atoms with Crippen LogP contribution in [-0.2, 0) is 14.6 Å². The summed E-state index contributed by atoms with van der Waals surface area (Å²) in [4.78, 5) is -0.950. The molecule has 26 heavy (non-hydrogen) atoms. The van der Waals surface area contributed by atoms with Gasteiger partial charge >= 0.3 is 154 Å². The fraction of sp³-hybridized carbons (Fsp3) is 1.00. The first-order valence-corrected chi connectivity index (χ1v) is 12.3. The first kappa shape index (κ1) is 24.1. The van der Waals surface area contributed by atoms with Gasteiger partial charge in [-0.1, -0.05) is 0 Å². The molecule has 0 saturated carbocycles. The molecule has 1 aliphatic rings. The molecular formula is C12H24O12SSe. The summed E-state index contributed by atoms with van der Waals surface area (Å²) in [7, 11) is -5.38. The van der Waals surface area contributed by atoms with Crippen LogP contribution < -0.4 is 0 Å². The molecular weight excluding hydrogens is 447 g/mol. The van der Waals surface area contributed by atoms with Gasteiger partial charge in [-0.15, -0.1) is 0 Å². The number of aliphatic hydroxyl groups excluding tert-OH is 8. The van der Waals surface area contributed by atoms with E-state index in [1.54, 1.807) is 0 Å². The third-order valence-electron chi connectivity index (χ3n) is 3.98. The molecule has 8 N–H and O–H groups in total. The van der Waals surface area contributed by atoms with Crippen LogP contribution in [0.2, 0.25) is 15.5 Å². The summed E-state index contributed by atoms with van der Waals surface area (Å²) in [6.45, 7) is -1.72. The quantitative estimate of drug-likeness (QED) is 0.0850. The molecule has 0 aromatic carbocycles. The second-order valence-electron chi connectivity index (χ2n) is 5.92. The van der Waals surface area contributed by atoms with E-state index in [1.807, 2.05) is 0 Å². The standard InChI is InChI=1S/C12H24O12SSe/c13-1-5(15)9(19)11(24-25(21,22)23)8(18)4-26-3-7(17)10(20)12(26)6(16)2-14/h5-20H,1-4H2/t5-,6-,7-,8+,9-,10-,11-,12+,26?/m1/s1. The van der Waals surface area contributed by atoms with E-state index in [2.05, 4.69) is 4.18 Å². The van der Waals surface area contributed by atoms with E-state index >= 15 is 0 Å². The second kappa shape index (κ2) is 10.0. The zero-order valence-corrected chi connectivity index (χ0v) is 16.0. The molecule has 12 nitrogen and oxygen atoms in total. The minimum absolute atomic E-state index is 0.00452. The van der Waals surface area contributed by atoms with E-state index in [0.717, 1.165) is 0 Å². The van der Waals surface area contributed by atoms with E-state index in [9.17, 15) is 43.6 Å². The van der Waals surface area contributed by atoms with Gasteiger partial charge in [-0.25, -0.2) is 0 Å². The molecule has 14 heteroatoms. The number of hydrogen-bond acceptors (Lipinski definition) is 12. The average molecular weight is 471 g/mol. The predicted octanol–water partition coefficient (Wildman–Crippen LogP) is -5.14. The van der Waals surface area contributed by atoms with Gasteiger partial charge in [-0.05, 0) is 0 Å². The third kappa shape index (κ3) is 6.31. The van der Waals surface area contributed by atoms with Crippen LogP contribution in [-0.4, -0.2) is 124 Å². The summed E-state index contributed by atoms with van der Waals surface area (Å²) in [5.74, 6) is 0. The van der Waals surface area contributed by atoms with Crippen LogP contribution in [0.4, 0.5) is 0 Å². The molecule has 0 aromatic heterocycles. The van der Waals surface area contributed by atoms with Crippen LogP contribution in [0.3, 0.4) is 0 Å². The van der Waals surface area contributed by atoms with Crippen LogP contribution in [0.25, 0.3) is 0 Å². The van der Waals surface area contributed by atoms with Gasteiger partial charge in [0.15, 0.2) is 0 Å². The van der Waals surface area contributed by atoms with Crippen LogP contribution in [0, 0.1) is 0 Å². The molecule has 1 fully saturated rings. The Hall–Kier alpha value is 0.0695. The third-order valence-corrected chi connectivity index (χ3v) is 10.5. The van der Waals surface area contributed by atoms with Crippen molar-refractivity contribution < 1.29 is 58.0 Å². The normalized spacial score (nSPS) is 32.8. The molecule has 0 radical (unpaired) electrons. The number of aliphatic hydroxyl groups is 8. The van der Waals surface area contributed by atoms with E-state index in [1.165, 1.54) is 0 Å². The summed E-state index contributed by atoms with van der Waals surface area (Å²) in [6.07, 6.45) is -12.0. The van der Waals surface area contributed by atoms with Crippen molar-refractivity contribution in [1.29, 1.82) is 0 Å². The molecule has 1 unspecified atom stereocenters. The first-order chi connectivity index (χ1) is 11.9. The molecule has 1 saturated heterocycles. The van der Waals surface area contributed by atoms with Gasteiger partial charge in [0, 0.05) is 0 Å². The Labute approximate surface area is 154 Å².